The number of aromatic nitrogens is 3. The Hall–Kier alpha value is -3.14. The Morgan fingerprint density at radius 1 is 1.23 bits per heavy atom. The van der Waals surface area contributed by atoms with Crippen molar-refractivity contribution in [1.29, 1.82) is 0 Å². The number of hydrogen-bond acceptors (Lipinski definition) is 6. The summed E-state index contributed by atoms with van der Waals surface area (Å²) in [6, 6.07) is 10.3. The SMILES string of the molecule is CN(Cc1cccc(OCC(=O)OC(C)(C)C)c1)C(=O)Nc1ccc2ncc(Br)n2n1. The number of carbonyl (C=O) groups excluding carboxylic acids is 2. The number of urea groups is 1. The lowest BCUT2D eigenvalue weighted by atomic mass is 10.2. The fourth-order valence-electron chi connectivity index (χ4n) is 2.71. The highest BCUT2D eigenvalue weighted by molar-refractivity contribution is 9.10. The monoisotopic (exact) mass is 489 g/mol. The summed E-state index contributed by atoms with van der Waals surface area (Å²) in [5.74, 6) is 0.482. The van der Waals surface area contributed by atoms with Gasteiger partial charge in [0.05, 0.1) is 6.20 Å². The number of amides is 2. The highest BCUT2D eigenvalue weighted by atomic mass is 79.9. The minimum atomic E-state index is -0.564. The van der Waals surface area contributed by atoms with Crippen molar-refractivity contribution < 1.29 is 19.1 Å². The third-order valence-electron chi connectivity index (χ3n) is 4.00. The van der Waals surface area contributed by atoms with Crippen LogP contribution in [0.1, 0.15) is 26.3 Å². The average molecular weight is 490 g/mol. The highest BCUT2D eigenvalue weighted by Crippen LogP contribution is 2.17. The maximum atomic E-state index is 12.6. The van der Waals surface area contributed by atoms with Crippen LogP contribution in [0.25, 0.3) is 5.65 Å². The van der Waals surface area contributed by atoms with Gasteiger partial charge in [0, 0.05) is 13.6 Å². The number of esters is 1. The van der Waals surface area contributed by atoms with Crippen LogP contribution in [0.5, 0.6) is 5.75 Å². The van der Waals surface area contributed by atoms with Crippen molar-refractivity contribution in [2.24, 2.45) is 0 Å². The van der Waals surface area contributed by atoms with E-state index in [1.807, 2.05) is 6.07 Å². The first kappa shape index (κ1) is 22.5. The fourth-order valence-corrected chi connectivity index (χ4v) is 3.07. The van der Waals surface area contributed by atoms with Crippen LogP contribution in [-0.4, -0.2) is 50.8 Å². The summed E-state index contributed by atoms with van der Waals surface area (Å²) in [6.45, 7) is 5.55. The summed E-state index contributed by atoms with van der Waals surface area (Å²) in [5.41, 5.74) is 0.952. The van der Waals surface area contributed by atoms with E-state index in [0.717, 1.165) is 5.56 Å². The predicted molar refractivity (Wildman–Crippen MR) is 119 cm³/mol. The average Bonchev–Trinajstić information content (AvgIpc) is 3.06. The molecule has 0 radical (unpaired) electrons. The number of nitrogens with zero attached hydrogens (tertiary/aromatic N) is 4. The second-order valence-corrected chi connectivity index (χ2v) is 8.69. The van der Waals surface area contributed by atoms with Gasteiger partial charge in [0.15, 0.2) is 18.1 Å². The molecule has 1 aromatic carbocycles. The first-order valence-corrected chi connectivity index (χ1v) is 10.4. The van der Waals surface area contributed by atoms with Crippen LogP contribution < -0.4 is 10.1 Å². The smallest absolute Gasteiger partial charge is 0.344 e. The zero-order valence-corrected chi connectivity index (χ0v) is 19.3. The Morgan fingerprint density at radius 3 is 2.74 bits per heavy atom. The van der Waals surface area contributed by atoms with Crippen molar-refractivity contribution in [1.82, 2.24) is 19.5 Å². The van der Waals surface area contributed by atoms with Gasteiger partial charge in [-0.15, -0.1) is 5.10 Å². The molecule has 2 heterocycles. The topological polar surface area (TPSA) is 98.1 Å². The molecule has 0 saturated carbocycles. The summed E-state index contributed by atoms with van der Waals surface area (Å²) in [4.78, 5) is 30.1. The molecule has 0 fully saturated rings. The molecule has 31 heavy (non-hydrogen) atoms. The maximum absolute atomic E-state index is 12.6. The van der Waals surface area contributed by atoms with Gasteiger partial charge in [0.2, 0.25) is 0 Å². The summed E-state index contributed by atoms with van der Waals surface area (Å²) in [6.07, 6.45) is 1.64. The third-order valence-corrected chi connectivity index (χ3v) is 4.54. The number of carbonyl (C=O) groups is 2. The van der Waals surface area contributed by atoms with Gasteiger partial charge in [-0.3, -0.25) is 5.32 Å². The number of fused-ring (bicyclic) bond motifs is 1. The largest absolute Gasteiger partial charge is 0.482 e. The van der Waals surface area contributed by atoms with Gasteiger partial charge in [0.1, 0.15) is 16.0 Å². The van der Waals surface area contributed by atoms with Crippen molar-refractivity contribution in [2.75, 3.05) is 19.0 Å². The van der Waals surface area contributed by atoms with E-state index in [1.54, 1.807) is 68.9 Å². The second kappa shape index (κ2) is 9.34. The molecule has 3 rings (SSSR count). The summed E-state index contributed by atoms with van der Waals surface area (Å²) >= 11 is 3.36. The summed E-state index contributed by atoms with van der Waals surface area (Å²) in [5, 5.41) is 7.09. The molecule has 0 bridgehead atoms. The molecule has 0 aliphatic rings. The molecular weight excluding hydrogens is 466 g/mol. The highest BCUT2D eigenvalue weighted by Gasteiger charge is 2.17. The molecule has 10 heteroatoms. The van der Waals surface area contributed by atoms with Crippen LogP contribution in [0.3, 0.4) is 0 Å². The van der Waals surface area contributed by atoms with E-state index in [2.05, 4.69) is 31.3 Å². The van der Waals surface area contributed by atoms with Gasteiger partial charge in [-0.25, -0.2) is 19.1 Å². The lowest BCUT2D eigenvalue weighted by molar-refractivity contribution is -0.157. The van der Waals surface area contributed by atoms with Crippen molar-refractivity contribution >= 4 is 39.4 Å². The van der Waals surface area contributed by atoms with E-state index in [0.29, 0.717) is 28.4 Å². The fraction of sp³-hybridized carbons (Fsp3) is 0.333. The molecule has 164 valence electrons. The molecule has 9 nitrogen and oxygen atoms in total. The number of ether oxygens (including phenoxy) is 2. The van der Waals surface area contributed by atoms with Gasteiger partial charge in [0.25, 0.3) is 0 Å². The van der Waals surface area contributed by atoms with E-state index in [4.69, 9.17) is 9.47 Å². The number of imidazole rings is 1. The van der Waals surface area contributed by atoms with Gasteiger partial charge in [-0.05, 0) is 66.5 Å². The Kier molecular flexibility index (Phi) is 6.79. The van der Waals surface area contributed by atoms with E-state index < -0.39 is 11.6 Å². The molecular formula is C21H24BrN5O4. The standard InChI is InChI=1S/C21H24BrN5O4/c1-21(2,3)31-19(28)13-30-15-7-5-6-14(10-15)12-26(4)20(29)24-17-8-9-18-23-11-16(22)27(18)25-17/h5-11H,12-13H2,1-4H3,(H,24,25,29). The molecule has 0 aliphatic heterocycles. The second-order valence-electron chi connectivity index (χ2n) is 7.88. The maximum Gasteiger partial charge on any atom is 0.344 e. The van der Waals surface area contributed by atoms with Crippen LogP contribution in [0.15, 0.2) is 47.2 Å². The van der Waals surface area contributed by atoms with Crippen LogP contribution in [0.4, 0.5) is 10.6 Å². The Balaban J connectivity index is 1.57. The molecule has 0 unspecified atom stereocenters. The van der Waals surface area contributed by atoms with Crippen LogP contribution >= 0.6 is 15.9 Å². The molecule has 3 aromatic rings. The lowest BCUT2D eigenvalue weighted by Crippen LogP contribution is -2.31. The summed E-state index contributed by atoms with van der Waals surface area (Å²) < 4.78 is 13.0. The minimum Gasteiger partial charge on any atom is -0.482 e. The van der Waals surface area contributed by atoms with E-state index >= 15 is 0 Å². The number of hydrogen-bond donors (Lipinski definition) is 1. The summed E-state index contributed by atoms with van der Waals surface area (Å²) in [7, 11) is 1.68. The van der Waals surface area contributed by atoms with Crippen LogP contribution in [0.2, 0.25) is 0 Å². The number of halogens is 1. The Labute approximate surface area is 188 Å². The van der Waals surface area contributed by atoms with Crippen LogP contribution in [-0.2, 0) is 16.1 Å². The molecule has 0 spiro atoms. The number of anilines is 1. The van der Waals surface area contributed by atoms with Gasteiger partial charge < -0.3 is 14.4 Å². The van der Waals surface area contributed by atoms with Gasteiger partial charge in [-0.2, -0.15) is 0 Å². The first-order chi connectivity index (χ1) is 14.6. The third kappa shape index (κ3) is 6.42. The lowest BCUT2D eigenvalue weighted by Gasteiger charge is -2.20. The minimum absolute atomic E-state index is 0.186. The van der Waals surface area contributed by atoms with E-state index in [1.165, 1.54) is 4.90 Å². The van der Waals surface area contributed by atoms with Crippen molar-refractivity contribution in [3.63, 3.8) is 0 Å². The first-order valence-electron chi connectivity index (χ1n) is 9.57. The zero-order chi connectivity index (χ0) is 22.6. The van der Waals surface area contributed by atoms with Gasteiger partial charge in [-0.1, -0.05) is 12.1 Å². The van der Waals surface area contributed by atoms with E-state index in [9.17, 15) is 9.59 Å². The van der Waals surface area contributed by atoms with Crippen molar-refractivity contribution in [3.8, 4) is 5.75 Å². The Morgan fingerprint density at radius 2 is 2.00 bits per heavy atom. The normalized spacial score (nSPS) is 11.3. The predicted octanol–water partition coefficient (Wildman–Crippen LogP) is 3.88. The molecule has 0 atom stereocenters. The van der Waals surface area contributed by atoms with Crippen molar-refractivity contribution in [2.45, 2.75) is 32.9 Å². The molecule has 1 N–H and O–H groups in total. The quantitative estimate of drug-likeness (QED) is 0.527. The molecule has 2 aromatic heterocycles. The molecule has 0 saturated heterocycles. The van der Waals surface area contributed by atoms with E-state index in [-0.39, 0.29) is 12.6 Å². The van der Waals surface area contributed by atoms with Gasteiger partial charge >= 0.3 is 12.0 Å². The van der Waals surface area contributed by atoms with Crippen molar-refractivity contribution in [3.05, 3.63) is 52.8 Å². The number of rotatable bonds is 6. The molecule has 2 amide bonds. The Bertz CT molecular complexity index is 1090. The number of benzene rings is 1. The zero-order valence-electron chi connectivity index (χ0n) is 17.8. The number of nitrogens with one attached hydrogen (secondary N) is 1. The van der Waals surface area contributed by atoms with Crippen LogP contribution in [0, 0.1) is 0 Å². The molecule has 0 aliphatic carbocycles.